The first-order valence-electron chi connectivity index (χ1n) is 5.34. The Morgan fingerprint density at radius 3 is 2.44 bits per heavy atom. The minimum atomic E-state index is -3.30. The van der Waals surface area contributed by atoms with Gasteiger partial charge in [0, 0.05) is 11.4 Å². The molecule has 1 amide bonds. The van der Waals surface area contributed by atoms with Crippen LogP contribution in [-0.2, 0) is 13.6 Å². The summed E-state index contributed by atoms with van der Waals surface area (Å²) in [6, 6.07) is 5.97. The molecule has 18 heavy (non-hydrogen) atoms. The highest BCUT2D eigenvalue weighted by atomic mass is 33.1. The second-order valence-corrected chi connectivity index (χ2v) is 7.46. The maximum absolute atomic E-state index is 11.8. The van der Waals surface area contributed by atoms with Gasteiger partial charge in [0.25, 0.3) is 0 Å². The van der Waals surface area contributed by atoms with Crippen molar-refractivity contribution >= 4 is 31.4 Å². The van der Waals surface area contributed by atoms with Gasteiger partial charge in [-0.05, 0) is 41.5 Å². The van der Waals surface area contributed by atoms with Gasteiger partial charge in [-0.1, -0.05) is 6.92 Å². The average molecular weight is 289 g/mol. The van der Waals surface area contributed by atoms with Crippen LogP contribution < -0.4 is 5.32 Å². The first-order valence-corrected chi connectivity index (χ1v) is 8.32. The number of carbonyl (C=O) groups excluding carboxylic acids is 1. The molecule has 0 aromatic heterocycles. The Kier molecular flexibility index (Phi) is 5.49. The second kappa shape index (κ2) is 6.65. The van der Waals surface area contributed by atoms with Crippen molar-refractivity contribution in [2.45, 2.75) is 18.2 Å². The zero-order valence-electron chi connectivity index (χ0n) is 10.2. The molecule has 100 valence electrons. The van der Waals surface area contributed by atoms with Crippen LogP contribution in [0.5, 0.6) is 0 Å². The van der Waals surface area contributed by atoms with Gasteiger partial charge in [-0.25, -0.2) is 13.2 Å². The van der Waals surface area contributed by atoms with Gasteiger partial charge in [-0.2, -0.15) is 0 Å². The quantitative estimate of drug-likeness (QED) is 0.844. The van der Waals surface area contributed by atoms with E-state index in [1.54, 1.807) is 0 Å². The number of hydrogen-bond acceptors (Lipinski definition) is 5. The fraction of sp³-hybridized carbons (Fsp3) is 0.364. The molecular formula is C11H15NO4S2. The normalized spacial score (nSPS) is 11.0. The molecule has 0 aliphatic carbocycles. The molecule has 0 atom stereocenters. The summed E-state index contributed by atoms with van der Waals surface area (Å²) >= 11 is 0. The lowest BCUT2D eigenvalue weighted by molar-refractivity contribution is 0.187. The summed E-state index contributed by atoms with van der Waals surface area (Å²) in [5.74, 6) is 0.560. The smallest absolute Gasteiger partial charge is 0.411 e. The summed E-state index contributed by atoms with van der Waals surface area (Å²) in [4.78, 5) is 11.2. The zero-order valence-corrected chi connectivity index (χ0v) is 11.8. The predicted molar refractivity (Wildman–Crippen MR) is 72.4 cm³/mol. The van der Waals surface area contributed by atoms with Crippen LogP contribution in [0.4, 0.5) is 10.5 Å². The zero-order chi connectivity index (χ0) is 13.6. The van der Waals surface area contributed by atoms with Crippen LogP contribution >= 0.6 is 10.8 Å². The molecule has 0 saturated heterocycles. The van der Waals surface area contributed by atoms with E-state index in [-0.39, 0.29) is 4.90 Å². The lowest BCUT2D eigenvalue weighted by atomic mass is 10.3. The second-order valence-electron chi connectivity index (χ2n) is 3.42. The van der Waals surface area contributed by atoms with E-state index in [4.69, 9.17) is 0 Å². The lowest BCUT2D eigenvalue weighted by Gasteiger charge is -2.05. The van der Waals surface area contributed by atoms with Crippen molar-refractivity contribution in [2.24, 2.45) is 0 Å². The van der Waals surface area contributed by atoms with Gasteiger partial charge < -0.3 is 4.74 Å². The third kappa shape index (κ3) is 4.23. The van der Waals surface area contributed by atoms with E-state index in [0.717, 1.165) is 17.2 Å². The molecule has 1 N–H and O–H groups in total. The molecule has 1 aromatic carbocycles. The van der Waals surface area contributed by atoms with Crippen LogP contribution in [0.3, 0.4) is 0 Å². The Morgan fingerprint density at radius 1 is 1.33 bits per heavy atom. The lowest BCUT2D eigenvalue weighted by Crippen LogP contribution is -2.10. The summed E-state index contributed by atoms with van der Waals surface area (Å²) in [7, 11) is -1.12. The van der Waals surface area contributed by atoms with Crippen molar-refractivity contribution in [2.75, 3.05) is 18.2 Å². The molecule has 0 aliphatic heterocycles. The van der Waals surface area contributed by atoms with Crippen LogP contribution in [0.1, 0.15) is 13.3 Å². The number of nitrogens with one attached hydrogen (secondary N) is 1. The molecule has 1 aromatic rings. The highest BCUT2D eigenvalue weighted by molar-refractivity contribution is 8.72. The van der Waals surface area contributed by atoms with Crippen molar-refractivity contribution in [3.63, 3.8) is 0 Å². The number of methoxy groups -OCH3 is 1. The van der Waals surface area contributed by atoms with Gasteiger partial charge in [0.05, 0.1) is 12.0 Å². The molecule has 0 saturated carbocycles. The summed E-state index contributed by atoms with van der Waals surface area (Å²) < 4.78 is 28.1. The van der Waals surface area contributed by atoms with E-state index >= 15 is 0 Å². The topological polar surface area (TPSA) is 72.5 Å². The average Bonchev–Trinajstić information content (AvgIpc) is 2.37. The Labute approximate surface area is 110 Å². The molecule has 0 radical (unpaired) electrons. The molecule has 0 bridgehead atoms. The van der Waals surface area contributed by atoms with E-state index in [9.17, 15) is 13.2 Å². The van der Waals surface area contributed by atoms with Crippen molar-refractivity contribution in [1.82, 2.24) is 0 Å². The first-order chi connectivity index (χ1) is 8.49. The summed E-state index contributed by atoms with van der Waals surface area (Å²) in [6.45, 7) is 1.92. The summed E-state index contributed by atoms with van der Waals surface area (Å²) in [5.41, 5.74) is 0.487. The monoisotopic (exact) mass is 289 g/mol. The number of benzene rings is 1. The maximum atomic E-state index is 11.8. The largest absolute Gasteiger partial charge is 0.453 e. The van der Waals surface area contributed by atoms with Gasteiger partial charge in [0.15, 0.2) is 0 Å². The number of ether oxygens (including phenoxy) is 1. The van der Waals surface area contributed by atoms with Gasteiger partial charge in [0.1, 0.15) is 0 Å². The third-order valence-electron chi connectivity index (χ3n) is 2.02. The van der Waals surface area contributed by atoms with Crippen molar-refractivity contribution < 1.29 is 17.9 Å². The minimum Gasteiger partial charge on any atom is -0.453 e. The van der Waals surface area contributed by atoms with E-state index in [0.29, 0.717) is 11.4 Å². The highest BCUT2D eigenvalue weighted by Crippen LogP contribution is 2.24. The summed E-state index contributed by atoms with van der Waals surface area (Å²) in [5, 5.41) is 2.45. The van der Waals surface area contributed by atoms with Crippen molar-refractivity contribution in [3.8, 4) is 0 Å². The molecule has 0 fully saturated rings. The number of rotatable bonds is 5. The van der Waals surface area contributed by atoms with Crippen molar-refractivity contribution in [3.05, 3.63) is 24.3 Å². The fourth-order valence-electron chi connectivity index (χ4n) is 1.13. The molecule has 0 aliphatic rings. The summed E-state index contributed by atoms with van der Waals surface area (Å²) in [6.07, 6.45) is 0.206. The van der Waals surface area contributed by atoms with Gasteiger partial charge in [-0.3, -0.25) is 5.32 Å². The molecule has 0 heterocycles. The van der Waals surface area contributed by atoms with Gasteiger partial charge >= 0.3 is 6.09 Å². The van der Waals surface area contributed by atoms with E-state index in [1.807, 2.05) is 6.92 Å². The van der Waals surface area contributed by atoms with Gasteiger partial charge in [0.2, 0.25) is 8.87 Å². The molecule has 0 unspecified atom stereocenters. The number of amides is 1. The molecule has 5 nitrogen and oxygen atoms in total. The molecule has 0 spiro atoms. The number of hydrogen-bond donors (Lipinski definition) is 1. The van der Waals surface area contributed by atoms with E-state index in [2.05, 4.69) is 10.1 Å². The molecule has 1 rings (SSSR count). The predicted octanol–water partition coefficient (Wildman–Crippen LogP) is 2.70. The molecule has 7 heteroatoms. The van der Waals surface area contributed by atoms with Crippen molar-refractivity contribution in [1.29, 1.82) is 0 Å². The van der Waals surface area contributed by atoms with Gasteiger partial charge in [-0.15, -0.1) is 0 Å². The number of carbonyl (C=O) groups is 1. The maximum Gasteiger partial charge on any atom is 0.411 e. The minimum absolute atomic E-state index is 0.233. The molecular weight excluding hydrogens is 274 g/mol. The SMILES string of the molecule is CCCSS(=O)(=O)c1ccc(NC(=O)OC)cc1. The fourth-order valence-corrected chi connectivity index (χ4v) is 4.03. The Hall–Kier alpha value is -1.21. The first kappa shape index (κ1) is 14.8. The Morgan fingerprint density at radius 2 is 1.94 bits per heavy atom. The highest BCUT2D eigenvalue weighted by Gasteiger charge is 2.14. The van der Waals surface area contributed by atoms with Crippen LogP contribution in [0, 0.1) is 0 Å². The Balaban J connectivity index is 2.79. The third-order valence-corrected chi connectivity index (χ3v) is 5.76. The van der Waals surface area contributed by atoms with Crippen LogP contribution in [-0.4, -0.2) is 27.4 Å². The standard InChI is InChI=1S/C11H15NO4S2/c1-3-8-17-18(14,15)10-6-4-9(5-7-10)12-11(13)16-2/h4-7H,3,8H2,1-2H3,(H,12,13). The van der Waals surface area contributed by atoms with E-state index in [1.165, 1.54) is 31.4 Å². The van der Waals surface area contributed by atoms with Crippen LogP contribution in [0.15, 0.2) is 29.2 Å². The Bertz CT molecular complexity index is 496. The number of anilines is 1. The van der Waals surface area contributed by atoms with Crippen LogP contribution in [0.2, 0.25) is 0 Å². The van der Waals surface area contributed by atoms with E-state index < -0.39 is 15.0 Å². The van der Waals surface area contributed by atoms with Crippen LogP contribution in [0.25, 0.3) is 0 Å².